The largest absolute Gasteiger partial charge is 0.0791 e. The summed E-state index contributed by atoms with van der Waals surface area (Å²) >= 11 is 2.39. The molecule has 0 heterocycles. The van der Waals surface area contributed by atoms with Crippen LogP contribution in [0.15, 0.2) is 33.9 Å². The van der Waals surface area contributed by atoms with Gasteiger partial charge in [-0.15, -0.1) is 0 Å². The molecule has 0 atom stereocenters. The number of halogens is 1. The molecule has 60 valence electrons. The quantitative estimate of drug-likeness (QED) is 0.626. The summed E-state index contributed by atoms with van der Waals surface area (Å²) in [5.74, 6) is 0. The van der Waals surface area contributed by atoms with Gasteiger partial charge in [0, 0.05) is 0 Å². The van der Waals surface area contributed by atoms with E-state index in [4.69, 9.17) is 0 Å². The molecule has 1 aliphatic carbocycles. The van der Waals surface area contributed by atoms with Gasteiger partial charge in [-0.3, -0.25) is 0 Å². The molecular formula is C11H9I. The van der Waals surface area contributed by atoms with Gasteiger partial charge in [0.15, 0.2) is 0 Å². The maximum absolute atomic E-state index is 2.39. The van der Waals surface area contributed by atoms with Crippen molar-refractivity contribution in [3.63, 3.8) is 0 Å². The van der Waals surface area contributed by atoms with Crippen LogP contribution in [0.5, 0.6) is 0 Å². The predicted octanol–water partition coefficient (Wildman–Crippen LogP) is 3.88. The molecule has 12 heavy (non-hydrogen) atoms. The van der Waals surface area contributed by atoms with E-state index in [1.807, 2.05) is 0 Å². The fourth-order valence-corrected chi connectivity index (χ4v) is 1.91. The Morgan fingerprint density at radius 1 is 1.08 bits per heavy atom. The second kappa shape index (κ2) is 3.44. The summed E-state index contributed by atoms with van der Waals surface area (Å²) in [5.41, 5.74) is 2.65. The predicted molar refractivity (Wildman–Crippen MR) is 62.1 cm³/mol. The molecule has 1 heteroatoms. The van der Waals surface area contributed by atoms with Crippen molar-refractivity contribution in [2.75, 3.05) is 0 Å². The Morgan fingerprint density at radius 2 is 1.83 bits per heavy atom. The molecule has 0 amide bonds. The summed E-state index contributed by atoms with van der Waals surface area (Å²) < 4.78 is 1.40. The Balaban J connectivity index is 2.58. The van der Waals surface area contributed by atoms with Crippen molar-refractivity contribution in [3.8, 4) is 0 Å². The van der Waals surface area contributed by atoms with E-state index < -0.39 is 0 Å². The second-order valence-electron chi connectivity index (χ2n) is 2.83. The monoisotopic (exact) mass is 268 g/mol. The fourth-order valence-electron chi connectivity index (χ4n) is 1.32. The second-order valence-corrected chi connectivity index (χ2v) is 4.21. The maximum atomic E-state index is 2.39. The smallest absolute Gasteiger partial charge is 0.00356 e. The molecule has 0 radical (unpaired) electrons. The lowest BCUT2D eigenvalue weighted by molar-refractivity contribution is 1.42. The summed E-state index contributed by atoms with van der Waals surface area (Å²) in [4.78, 5) is 0. The van der Waals surface area contributed by atoms with Crippen molar-refractivity contribution in [2.45, 2.75) is 6.42 Å². The first-order valence-corrected chi connectivity index (χ1v) is 5.06. The number of fused-ring (bicyclic) bond motifs is 1. The summed E-state index contributed by atoms with van der Waals surface area (Å²) in [6.45, 7) is 0. The Hall–Kier alpha value is -0.570. The molecule has 1 aromatic rings. The van der Waals surface area contributed by atoms with Gasteiger partial charge in [0.25, 0.3) is 0 Å². The summed E-state index contributed by atoms with van der Waals surface area (Å²) in [7, 11) is 0. The first-order chi connectivity index (χ1) is 5.86. The van der Waals surface area contributed by atoms with E-state index in [-0.39, 0.29) is 0 Å². The van der Waals surface area contributed by atoms with Gasteiger partial charge in [0.1, 0.15) is 0 Å². The Morgan fingerprint density at radius 3 is 2.67 bits per heavy atom. The number of rotatable bonds is 0. The lowest BCUT2D eigenvalue weighted by atomic mass is 10.1. The third-order valence-electron chi connectivity index (χ3n) is 1.92. The minimum Gasteiger partial charge on any atom is -0.0791 e. The van der Waals surface area contributed by atoms with Crippen LogP contribution in [0.3, 0.4) is 0 Å². The Labute approximate surface area is 86.1 Å². The minimum absolute atomic E-state index is 1.06. The van der Waals surface area contributed by atoms with Crippen LogP contribution in [-0.4, -0.2) is 0 Å². The third-order valence-corrected chi connectivity index (χ3v) is 2.67. The van der Waals surface area contributed by atoms with Gasteiger partial charge >= 0.3 is 0 Å². The Bertz CT molecular complexity index is 348. The molecule has 0 aliphatic heterocycles. The molecule has 0 saturated heterocycles. The highest BCUT2D eigenvalue weighted by atomic mass is 127. The maximum Gasteiger partial charge on any atom is -0.00356 e. The topological polar surface area (TPSA) is 0 Å². The van der Waals surface area contributed by atoms with Gasteiger partial charge in [0.05, 0.1) is 0 Å². The zero-order valence-corrected chi connectivity index (χ0v) is 8.78. The highest BCUT2D eigenvalue weighted by molar-refractivity contribution is 14.1. The highest BCUT2D eigenvalue weighted by Gasteiger charge is 1.99. The molecule has 0 fully saturated rings. The van der Waals surface area contributed by atoms with Gasteiger partial charge in [-0.05, 0) is 49.8 Å². The standard InChI is InChI=1S/C11H9I/c12-11-7-3-6-9-4-1-2-5-10(9)8-11/h1-6,8H,7H2. The number of allylic oxidation sites excluding steroid dienone is 2. The number of benzene rings is 1. The average Bonchev–Trinajstić information content (AvgIpc) is 2.25. The summed E-state index contributed by atoms with van der Waals surface area (Å²) in [6.07, 6.45) is 7.72. The van der Waals surface area contributed by atoms with Crippen LogP contribution in [0.2, 0.25) is 0 Å². The SMILES string of the molecule is IC1=Cc2ccccc2C=CC1. The van der Waals surface area contributed by atoms with Crippen LogP contribution in [0, 0.1) is 0 Å². The number of hydrogen-bond acceptors (Lipinski definition) is 0. The molecule has 1 aromatic carbocycles. The molecule has 2 rings (SSSR count). The van der Waals surface area contributed by atoms with Gasteiger partial charge in [-0.25, -0.2) is 0 Å². The molecule has 0 spiro atoms. The van der Waals surface area contributed by atoms with Gasteiger partial charge in [0.2, 0.25) is 0 Å². The molecule has 0 bridgehead atoms. The number of hydrogen-bond donors (Lipinski definition) is 0. The van der Waals surface area contributed by atoms with Crippen molar-refractivity contribution in [1.29, 1.82) is 0 Å². The normalized spacial score (nSPS) is 14.9. The third kappa shape index (κ3) is 1.61. The Kier molecular flexibility index (Phi) is 2.30. The molecular weight excluding hydrogens is 259 g/mol. The van der Waals surface area contributed by atoms with E-state index in [9.17, 15) is 0 Å². The van der Waals surface area contributed by atoms with E-state index in [1.165, 1.54) is 14.7 Å². The van der Waals surface area contributed by atoms with Crippen LogP contribution in [0.25, 0.3) is 12.2 Å². The summed E-state index contributed by atoms with van der Waals surface area (Å²) in [5, 5.41) is 0. The van der Waals surface area contributed by atoms with Crippen molar-refractivity contribution in [2.24, 2.45) is 0 Å². The molecule has 0 unspecified atom stereocenters. The lowest BCUT2D eigenvalue weighted by Crippen LogP contribution is -1.76. The zero-order valence-electron chi connectivity index (χ0n) is 6.63. The molecule has 0 saturated carbocycles. The van der Waals surface area contributed by atoms with E-state index in [2.05, 4.69) is 65.1 Å². The van der Waals surface area contributed by atoms with E-state index in [0.29, 0.717) is 0 Å². The van der Waals surface area contributed by atoms with Crippen LogP contribution < -0.4 is 0 Å². The first-order valence-electron chi connectivity index (χ1n) is 3.98. The van der Waals surface area contributed by atoms with Crippen molar-refractivity contribution < 1.29 is 0 Å². The fraction of sp³-hybridized carbons (Fsp3) is 0.0909. The van der Waals surface area contributed by atoms with Crippen molar-refractivity contribution in [1.82, 2.24) is 0 Å². The highest BCUT2D eigenvalue weighted by Crippen LogP contribution is 2.24. The minimum atomic E-state index is 1.06. The van der Waals surface area contributed by atoms with Crippen LogP contribution in [-0.2, 0) is 0 Å². The molecule has 1 aliphatic rings. The molecule has 0 nitrogen and oxygen atoms in total. The van der Waals surface area contributed by atoms with Crippen LogP contribution in [0.1, 0.15) is 17.5 Å². The van der Waals surface area contributed by atoms with Crippen LogP contribution in [0.4, 0.5) is 0 Å². The van der Waals surface area contributed by atoms with E-state index >= 15 is 0 Å². The van der Waals surface area contributed by atoms with Crippen LogP contribution >= 0.6 is 22.6 Å². The average molecular weight is 268 g/mol. The molecule has 0 N–H and O–H groups in total. The van der Waals surface area contributed by atoms with Crippen molar-refractivity contribution >= 4 is 34.7 Å². The lowest BCUT2D eigenvalue weighted by Gasteiger charge is -1.97. The molecule has 0 aromatic heterocycles. The van der Waals surface area contributed by atoms with Gasteiger partial charge in [-0.2, -0.15) is 0 Å². The van der Waals surface area contributed by atoms with Crippen molar-refractivity contribution in [3.05, 3.63) is 45.0 Å². The van der Waals surface area contributed by atoms with E-state index in [1.54, 1.807) is 0 Å². The van der Waals surface area contributed by atoms with Gasteiger partial charge in [-0.1, -0.05) is 36.4 Å². The first kappa shape index (κ1) is 8.05. The zero-order chi connectivity index (χ0) is 8.39. The summed E-state index contributed by atoms with van der Waals surface area (Å²) in [6, 6.07) is 8.47. The van der Waals surface area contributed by atoms with Gasteiger partial charge < -0.3 is 0 Å². The van der Waals surface area contributed by atoms with E-state index in [0.717, 1.165) is 6.42 Å².